The van der Waals surface area contributed by atoms with Crippen LogP contribution in [0, 0.1) is 0 Å². The molecule has 0 heterocycles. The first kappa shape index (κ1) is 28.5. The van der Waals surface area contributed by atoms with E-state index in [1.807, 2.05) is 0 Å². The third-order valence-corrected chi connectivity index (χ3v) is 4.46. The van der Waals surface area contributed by atoms with Crippen molar-refractivity contribution in [2.45, 2.75) is 109 Å². The second-order valence-electron chi connectivity index (χ2n) is 7.03. The van der Waals surface area contributed by atoms with E-state index >= 15 is 0 Å². The zero-order chi connectivity index (χ0) is 21.0. The van der Waals surface area contributed by atoms with Crippen molar-refractivity contribution in [3.8, 4) is 0 Å². The van der Waals surface area contributed by atoms with Gasteiger partial charge < -0.3 is 30.6 Å². The van der Waals surface area contributed by atoms with Crippen LogP contribution in [0.4, 0.5) is 0 Å². The van der Waals surface area contributed by atoms with Gasteiger partial charge in [0, 0.05) is 0 Å². The topological polar surface area (TPSA) is 138 Å². The molecule has 27 heavy (non-hydrogen) atoms. The molecule has 7 heteroatoms. The standard InChI is InChI=1S/C18H36O5.C2H6O2/c1-2-3-4-5-6-7-8-9-10-11-12-13-14-15-16(19)18(22,23)17(20)21;3-1-2-4/h16,19,22-23H,2-15H2,1H3,(H,20,21);3-4H,1-2H2. The van der Waals surface area contributed by atoms with E-state index in [9.17, 15) is 9.90 Å². The summed E-state index contributed by atoms with van der Waals surface area (Å²) in [6.45, 7) is 1.98. The lowest BCUT2D eigenvalue weighted by Gasteiger charge is -2.22. The predicted molar refractivity (Wildman–Crippen MR) is 105 cm³/mol. The number of aliphatic hydroxyl groups excluding tert-OH is 3. The molecule has 0 aliphatic heterocycles. The van der Waals surface area contributed by atoms with Crippen LogP contribution in [0.5, 0.6) is 0 Å². The molecule has 0 aliphatic carbocycles. The van der Waals surface area contributed by atoms with Gasteiger partial charge in [-0.05, 0) is 6.42 Å². The number of carboxylic acid groups (broad SMARTS) is 1. The van der Waals surface area contributed by atoms with E-state index in [1.165, 1.54) is 57.8 Å². The smallest absolute Gasteiger partial charge is 0.366 e. The second kappa shape index (κ2) is 20.0. The van der Waals surface area contributed by atoms with Crippen molar-refractivity contribution in [2.75, 3.05) is 13.2 Å². The first-order valence-electron chi connectivity index (χ1n) is 10.4. The molecule has 0 saturated heterocycles. The number of rotatable bonds is 17. The monoisotopic (exact) mass is 394 g/mol. The van der Waals surface area contributed by atoms with Gasteiger partial charge in [0.05, 0.1) is 13.2 Å². The molecule has 0 aliphatic rings. The Kier molecular flexibility index (Phi) is 21.1. The average molecular weight is 395 g/mol. The molecule has 1 unspecified atom stereocenters. The van der Waals surface area contributed by atoms with Gasteiger partial charge in [-0.3, -0.25) is 0 Å². The molecule has 0 aromatic heterocycles. The Hall–Kier alpha value is -0.730. The molecule has 0 aromatic rings. The largest absolute Gasteiger partial charge is 0.477 e. The number of hydrogen-bond donors (Lipinski definition) is 6. The van der Waals surface area contributed by atoms with Gasteiger partial charge in [-0.25, -0.2) is 4.79 Å². The van der Waals surface area contributed by atoms with Gasteiger partial charge in [-0.15, -0.1) is 0 Å². The zero-order valence-corrected chi connectivity index (χ0v) is 17.0. The van der Waals surface area contributed by atoms with Crippen molar-refractivity contribution in [2.24, 2.45) is 0 Å². The Labute approximate surface area is 164 Å². The number of carbonyl (C=O) groups is 1. The van der Waals surface area contributed by atoms with Crippen LogP contribution in [-0.4, -0.2) is 61.7 Å². The maximum absolute atomic E-state index is 10.5. The normalized spacial score (nSPS) is 12.4. The number of hydrogen-bond acceptors (Lipinski definition) is 6. The van der Waals surface area contributed by atoms with Crippen LogP contribution in [0.15, 0.2) is 0 Å². The lowest BCUT2D eigenvalue weighted by Crippen LogP contribution is -2.49. The molecular weight excluding hydrogens is 352 g/mol. The third kappa shape index (κ3) is 18.4. The summed E-state index contributed by atoms with van der Waals surface area (Å²) in [6, 6.07) is 0. The van der Waals surface area contributed by atoms with Crippen molar-refractivity contribution in [3.05, 3.63) is 0 Å². The first-order chi connectivity index (χ1) is 12.8. The van der Waals surface area contributed by atoms with Crippen LogP contribution in [0.3, 0.4) is 0 Å². The number of carboxylic acids is 1. The van der Waals surface area contributed by atoms with Crippen LogP contribution in [0.2, 0.25) is 0 Å². The van der Waals surface area contributed by atoms with Gasteiger partial charge in [-0.1, -0.05) is 90.4 Å². The molecule has 0 spiro atoms. The summed E-state index contributed by atoms with van der Waals surface area (Å²) in [6.07, 6.45) is 14.0. The molecule has 0 bridgehead atoms. The van der Waals surface area contributed by atoms with Crippen LogP contribution >= 0.6 is 0 Å². The third-order valence-electron chi connectivity index (χ3n) is 4.46. The van der Waals surface area contributed by atoms with Crippen molar-refractivity contribution in [3.63, 3.8) is 0 Å². The highest BCUT2D eigenvalue weighted by Crippen LogP contribution is 2.16. The molecule has 164 valence electrons. The Morgan fingerprint density at radius 2 is 1.07 bits per heavy atom. The van der Waals surface area contributed by atoms with Crippen molar-refractivity contribution < 1.29 is 35.4 Å². The van der Waals surface area contributed by atoms with Gasteiger partial charge in [0.1, 0.15) is 6.10 Å². The minimum Gasteiger partial charge on any atom is -0.477 e. The fraction of sp³-hybridized carbons (Fsp3) is 0.950. The molecule has 0 rings (SSSR count). The highest BCUT2D eigenvalue weighted by atomic mass is 16.6. The highest BCUT2D eigenvalue weighted by molar-refractivity contribution is 5.75. The Balaban J connectivity index is 0. The number of aliphatic carboxylic acids is 1. The van der Waals surface area contributed by atoms with Crippen LogP contribution < -0.4 is 0 Å². The summed E-state index contributed by atoms with van der Waals surface area (Å²) in [4.78, 5) is 10.5. The van der Waals surface area contributed by atoms with E-state index in [2.05, 4.69) is 6.92 Å². The molecule has 6 N–H and O–H groups in total. The van der Waals surface area contributed by atoms with Gasteiger partial charge in [-0.2, -0.15) is 0 Å². The van der Waals surface area contributed by atoms with Crippen LogP contribution in [0.1, 0.15) is 96.8 Å². The van der Waals surface area contributed by atoms with Crippen LogP contribution in [0.25, 0.3) is 0 Å². The quantitative estimate of drug-likeness (QED) is 0.165. The molecule has 0 amide bonds. The number of unbranched alkanes of at least 4 members (excludes halogenated alkanes) is 12. The Bertz CT molecular complexity index is 319. The maximum Gasteiger partial charge on any atom is 0.366 e. The Morgan fingerprint density at radius 3 is 1.37 bits per heavy atom. The van der Waals surface area contributed by atoms with Gasteiger partial charge in [0.15, 0.2) is 0 Å². The van der Waals surface area contributed by atoms with E-state index in [1.54, 1.807) is 0 Å². The fourth-order valence-corrected chi connectivity index (χ4v) is 2.70. The SMILES string of the molecule is CCCCCCCCCCCCCCCC(O)C(O)(O)C(=O)O.OCCO. The first-order valence-corrected chi connectivity index (χ1v) is 10.4. The molecule has 1 atom stereocenters. The van der Waals surface area contributed by atoms with Crippen molar-refractivity contribution in [1.82, 2.24) is 0 Å². The Morgan fingerprint density at radius 1 is 0.741 bits per heavy atom. The van der Waals surface area contributed by atoms with Crippen LogP contribution in [-0.2, 0) is 4.79 Å². The summed E-state index contributed by atoms with van der Waals surface area (Å²) in [7, 11) is 0. The van der Waals surface area contributed by atoms with E-state index in [0.29, 0.717) is 6.42 Å². The van der Waals surface area contributed by atoms with Gasteiger partial charge in [0.2, 0.25) is 0 Å². The summed E-state index contributed by atoms with van der Waals surface area (Å²) < 4.78 is 0. The van der Waals surface area contributed by atoms with E-state index in [-0.39, 0.29) is 19.6 Å². The summed E-state index contributed by atoms with van der Waals surface area (Å²) in [5, 5.41) is 51.6. The molecule has 0 fully saturated rings. The van der Waals surface area contributed by atoms with E-state index < -0.39 is 17.9 Å². The predicted octanol–water partition coefficient (Wildman–Crippen LogP) is 2.57. The summed E-state index contributed by atoms with van der Waals surface area (Å²) in [5.74, 6) is -4.84. The molecule has 0 aromatic carbocycles. The molecule has 0 saturated carbocycles. The summed E-state index contributed by atoms with van der Waals surface area (Å²) >= 11 is 0. The molecule has 7 nitrogen and oxygen atoms in total. The molecule has 0 radical (unpaired) electrons. The minimum absolute atomic E-state index is 0.0943. The maximum atomic E-state index is 10.5. The van der Waals surface area contributed by atoms with Gasteiger partial charge in [0.25, 0.3) is 5.79 Å². The lowest BCUT2D eigenvalue weighted by molar-refractivity contribution is -0.237. The molecular formula is C20H42O7. The average Bonchev–Trinajstić information content (AvgIpc) is 2.65. The highest BCUT2D eigenvalue weighted by Gasteiger charge is 2.41. The van der Waals surface area contributed by atoms with E-state index in [0.717, 1.165) is 19.3 Å². The number of aliphatic hydroxyl groups is 5. The second-order valence-corrected chi connectivity index (χ2v) is 7.03. The lowest BCUT2D eigenvalue weighted by atomic mass is 10.0. The van der Waals surface area contributed by atoms with E-state index in [4.69, 9.17) is 25.5 Å². The summed E-state index contributed by atoms with van der Waals surface area (Å²) in [5.41, 5.74) is 0. The van der Waals surface area contributed by atoms with Crippen molar-refractivity contribution >= 4 is 5.97 Å². The van der Waals surface area contributed by atoms with Crippen molar-refractivity contribution in [1.29, 1.82) is 0 Å². The zero-order valence-electron chi connectivity index (χ0n) is 17.0. The minimum atomic E-state index is -3.03. The fourth-order valence-electron chi connectivity index (χ4n) is 2.70. The van der Waals surface area contributed by atoms with Gasteiger partial charge >= 0.3 is 5.97 Å².